The largest absolute Gasteiger partial charge is 0.304 e. The van der Waals surface area contributed by atoms with Gasteiger partial charge < -0.3 is 4.90 Å². The van der Waals surface area contributed by atoms with E-state index >= 15 is 0 Å². The van der Waals surface area contributed by atoms with Crippen LogP contribution >= 0.6 is 15.9 Å². The SMILES string of the molecule is B/C(Br)=C1/C=C(CCCCCC)C(=O)N1Cc1ccccc1. The fourth-order valence-electron chi connectivity index (χ4n) is 2.72. The second-order valence-electron chi connectivity index (χ2n) is 5.78. The molecule has 1 aliphatic rings. The smallest absolute Gasteiger partial charge is 0.254 e. The first-order valence-electron chi connectivity index (χ1n) is 8.06. The molecule has 1 aromatic carbocycles. The highest BCUT2D eigenvalue weighted by molar-refractivity contribution is 9.12. The van der Waals surface area contributed by atoms with E-state index in [-0.39, 0.29) is 5.91 Å². The Labute approximate surface area is 142 Å². The molecule has 1 amide bonds. The number of hydrogen-bond acceptors (Lipinski definition) is 1. The van der Waals surface area contributed by atoms with Crippen molar-refractivity contribution < 1.29 is 4.79 Å². The Morgan fingerprint density at radius 3 is 2.55 bits per heavy atom. The summed E-state index contributed by atoms with van der Waals surface area (Å²) in [4.78, 5) is 14.6. The highest BCUT2D eigenvalue weighted by Crippen LogP contribution is 2.30. The van der Waals surface area contributed by atoms with Gasteiger partial charge in [-0.25, -0.2) is 0 Å². The van der Waals surface area contributed by atoms with Crippen LogP contribution in [-0.2, 0) is 11.3 Å². The normalized spacial score (nSPS) is 16.9. The Morgan fingerprint density at radius 1 is 1.18 bits per heavy atom. The molecule has 1 heterocycles. The van der Waals surface area contributed by atoms with Crippen LogP contribution in [0.2, 0.25) is 0 Å². The van der Waals surface area contributed by atoms with Crippen molar-refractivity contribution in [2.24, 2.45) is 0 Å². The lowest BCUT2D eigenvalue weighted by atomic mass is 10.1. The van der Waals surface area contributed by atoms with Crippen LogP contribution in [0.4, 0.5) is 0 Å². The fraction of sp³-hybridized carbons (Fsp3) is 0.389. The van der Waals surface area contributed by atoms with Crippen LogP contribution in [0, 0.1) is 0 Å². The molecule has 0 saturated carbocycles. The predicted molar refractivity (Wildman–Crippen MR) is 98.3 cm³/mol. The number of halogens is 1. The van der Waals surface area contributed by atoms with Gasteiger partial charge in [0.2, 0.25) is 0 Å². The van der Waals surface area contributed by atoms with Gasteiger partial charge in [-0.05, 0) is 28.9 Å². The van der Waals surface area contributed by atoms with E-state index in [1.807, 2.05) is 30.9 Å². The average molecular weight is 360 g/mol. The molecule has 0 unspecified atom stereocenters. The molecule has 0 aliphatic carbocycles. The van der Waals surface area contributed by atoms with Gasteiger partial charge in [0.15, 0.2) is 7.85 Å². The summed E-state index contributed by atoms with van der Waals surface area (Å²) in [5.74, 6) is 0.161. The lowest BCUT2D eigenvalue weighted by molar-refractivity contribution is -0.124. The molecular formula is C18H23BBrNO. The summed E-state index contributed by atoms with van der Waals surface area (Å²) in [7, 11) is 2.00. The minimum absolute atomic E-state index is 0.161. The van der Waals surface area contributed by atoms with Crippen molar-refractivity contribution in [3.63, 3.8) is 0 Å². The lowest BCUT2D eigenvalue weighted by Crippen LogP contribution is -2.26. The first kappa shape index (κ1) is 17.1. The molecule has 1 aromatic rings. The van der Waals surface area contributed by atoms with E-state index in [1.54, 1.807) is 0 Å². The van der Waals surface area contributed by atoms with E-state index in [0.29, 0.717) is 6.54 Å². The van der Waals surface area contributed by atoms with Gasteiger partial charge in [0.1, 0.15) is 0 Å². The maximum atomic E-state index is 12.7. The number of carbonyl (C=O) groups is 1. The standard InChI is InChI=1S/C18H23BBrNO/c1-2-3-4-8-11-15-12-16(17(19)20)21(18(15)22)13-14-9-6-5-7-10-14/h5-7,9-10,12H,2-4,8,11,13,19H2,1H3/b17-16+. The van der Waals surface area contributed by atoms with Crippen molar-refractivity contribution in [1.82, 2.24) is 4.90 Å². The number of amides is 1. The van der Waals surface area contributed by atoms with Gasteiger partial charge in [-0.15, -0.1) is 0 Å². The molecule has 0 spiro atoms. The molecule has 0 aromatic heterocycles. The van der Waals surface area contributed by atoms with Gasteiger partial charge >= 0.3 is 0 Å². The lowest BCUT2D eigenvalue weighted by Gasteiger charge is -2.20. The van der Waals surface area contributed by atoms with E-state index in [9.17, 15) is 4.79 Å². The number of hydrogen-bond donors (Lipinski definition) is 0. The molecule has 4 heteroatoms. The maximum absolute atomic E-state index is 12.7. The number of allylic oxidation sites excluding steroid dienone is 1. The minimum Gasteiger partial charge on any atom is -0.304 e. The van der Waals surface area contributed by atoms with Crippen LogP contribution in [0.25, 0.3) is 0 Å². The Hall–Kier alpha value is -1.29. The fourth-order valence-corrected chi connectivity index (χ4v) is 3.05. The van der Waals surface area contributed by atoms with Crippen LogP contribution in [0.1, 0.15) is 44.6 Å². The van der Waals surface area contributed by atoms with E-state index in [1.165, 1.54) is 19.3 Å². The number of benzene rings is 1. The van der Waals surface area contributed by atoms with Crippen LogP contribution in [0.15, 0.2) is 52.1 Å². The summed E-state index contributed by atoms with van der Waals surface area (Å²) >= 11 is 3.54. The number of nitrogens with zero attached hydrogens (tertiary/aromatic N) is 1. The molecule has 0 saturated heterocycles. The Balaban J connectivity index is 2.08. The van der Waals surface area contributed by atoms with Gasteiger partial charge in [0.05, 0.1) is 6.54 Å². The first-order valence-corrected chi connectivity index (χ1v) is 8.85. The molecule has 0 radical (unpaired) electrons. The number of carbonyl (C=O) groups excluding carboxylic acids is 1. The van der Waals surface area contributed by atoms with Crippen molar-refractivity contribution in [3.05, 3.63) is 57.6 Å². The number of unbranched alkanes of at least 4 members (excludes halogenated alkanes) is 3. The first-order chi connectivity index (χ1) is 10.6. The highest BCUT2D eigenvalue weighted by Gasteiger charge is 2.28. The zero-order chi connectivity index (χ0) is 15.9. The Morgan fingerprint density at radius 2 is 1.91 bits per heavy atom. The summed E-state index contributed by atoms with van der Waals surface area (Å²) in [5.41, 5.74) is 3.10. The van der Waals surface area contributed by atoms with Crippen LogP contribution in [0.5, 0.6) is 0 Å². The van der Waals surface area contributed by atoms with Crippen LogP contribution in [0.3, 0.4) is 0 Å². The van der Waals surface area contributed by atoms with Gasteiger partial charge in [0.25, 0.3) is 5.91 Å². The summed E-state index contributed by atoms with van der Waals surface area (Å²) in [6.07, 6.45) is 7.70. The van der Waals surface area contributed by atoms with Crippen molar-refractivity contribution in [3.8, 4) is 0 Å². The molecule has 0 N–H and O–H groups in total. The molecule has 2 rings (SSSR count). The Kier molecular flexibility index (Phi) is 6.50. The molecule has 22 heavy (non-hydrogen) atoms. The second-order valence-corrected chi connectivity index (χ2v) is 6.97. The zero-order valence-corrected chi connectivity index (χ0v) is 15.0. The second kappa shape index (κ2) is 8.37. The zero-order valence-electron chi connectivity index (χ0n) is 13.4. The van der Waals surface area contributed by atoms with E-state index in [0.717, 1.165) is 34.1 Å². The van der Waals surface area contributed by atoms with Gasteiger partial charge in [-0.2, -0.15) is 0 Å². The van der Waals surface area contributed by atoms with Crippen LogP contribution < -0.4 is 0 Å². The third kappa shape index (κ3) is 4.36. The van der Waals surface area contributed by atoms with Crippen molar-refractivity contribution in [2.75, 3.05) is 0 Å². The van der Waals surface area contributed by atoms with Gasteiger partial charge in [-0.1, -0.05) is 72.4 Å². The molecule has 0 fully saturated rings. The van der Waals surface area contributed by atoms with Crippen LogP contribution in [-0.4, -0.2) is 18.7 Å². The summed E-state index contributed by atoms with van der Waals surface area (Å²) in [5, 5.41) is 0. The summed E-state index contributed by atoms with van der Waals surface area (Å²) < 4.78 is 1.01. The average Bonchev–Trinajstić information content (AvgIpc) is 2.82. The third-order valence-electron chi connectivity index (χ3n) is 3.96. The predicted octanol–water partition coefficient (Wildman–Crippen LogP) is 4.12. The molecular weight excluding hydrogens is 337 g/mol. The van der Waals surface area contributed by atoms with Gasteiger partial charge in [-0.3, -0.25) is 4.79 Å². The molecule has 2 nitrogen and oxygen atoms in total. The molecule has 0 bridgehead atoms. The van der Waals surface area contributed by atoms with E-state index in [2.05, 4.69) is 41.1 Å². The van der Waals surface area contributed by atoms with Crippen molar-refractivity contribution >= 4 is 29.7 Å². The molecule has 0 atom stereocenters. The van der Waals surface area contributed by atoms with E-state index < -0.39 is 0 Å². The molecule has 116 valence electrons. The Bertz CT molecular complexity index is 576. The molecule has 1 aliphatic heterocycles. The highest BCUT2D eigenvalue weighted by atomic mass is 79.9. The summed E-state index contributed by atoms with van der Waals surface area (Å²) in [6, 6.07) is 10.2. The minimum atomic E-state index is 0.161. The van der Waals surface area contributed by atoms with Gasteiger partial charge in [0, 0.05) is 11.3 Å². The van der Waals surface area contributed by atoms with Crippen molar-refractivity contribution in [2.45, 2.75) is 45.6 Å². The third-order valence-corrected chi connectivity index (χ3v) is 4.36. The number of rotatable bonds is 7. The monoisotopic (exact) mass is 359 g/mol. The van der Waals surface area contributed by atoms with E-state index in [4.69, 9.17) is 0 Å². The summed E-state index contributed by atoms with van der Waals surface area (Å²) in [6.45, 7) is 2.84. The maximum Gasteiger partial charge on any atom is 0.254 e. The topological polar surface area (TPSA) is 20.3 Å². The quantitative estimate of drug-likeness (QED) is 0.529. The van der Waals surface area contributed by atoms with Crippen molar-refractivity contribution in [1.29, 1.82) is 0 Å².